The first kappa shape index (κ1) is 14.1. The van der Waals surface area contributed by atoms with Crippen LogP contribution in [0.3, 0.4) is 0 Å². The molecular formula is C14H13F3N2O2. The Labute approximate surface area is 118 Å². The van der Waals surface area contributed by atoms with E-state index < -0.39 is 17.3 Å². The van der Waals surface area contributed by atoms with Crippen molar-refractivity contribution in [3.63, 3.8) is 0 Å². The van der Waals surface area contributed by atoms with E-state index in [-0.39, 0.29) is 17.3 Å². The average Bonchev–Trinajstić information content (AvgIpc) is 3.07. The molecule has 1 atom stereocenters. The summed E-state index contributed by atoms with van der Waals surface area (Å²) < 4.78 is 49.7. The Balaban J connectivity index is 2.01. The summed E-state index contributed by atoms with van der Waals surface area (Å²) in [6.45, 7) is 2.38. The first-order chi connectivity index (χ1) is 9.90. The van der Waals surface area contributed by atoms with Gasteiger partial charge in [0.2, 0.25) is 5.82 Å². The fourth-order valence-corrected chi connectivity index (χ4v) is 2.42. The Morgan fingerprint density at radius 2 is 2.00 bits per heavy atom. The molecule has 0 unspecified atom stereocenters. The first-order valence-corrected chi connectivity index (χ1v) is 6.55. The van der Waals surface area contributed by atoms with Gasteiger partial charge in [0.15, 0.2) is 0 Å². The number of hydrogen-bond acceptors (Lipinski definition) is 4. The lowest BCUT2D eigenvalue weighted by Gasteiger charge is -2.17. The van der Waals surface area contributed by atoms with Gasteiger partial charge < -0.3 is 9.26 Å². The van der Waals surface area contributed by atoms with Crippen LogP contribution in [0.25, 0.3) is 11.4 Å². The van der Waals surface area contributed by atoms with Crippen molar-refractivity contribution in [2.45, 2.75) is 31.5 Å². The highest BCUT2D eigenvalue weighted by Crippen LogP contribution is 2.38. The number of rotatable bonds is 2. The van der Waals surface area contributed by atoms with Crippen molar-refractivity contribution >= 4 is 0 Å². The van der Waals surface area contributed by atoms with E-state index in [4.69, 9.17) is 9.26 Å². The monoisotopic (exact) mass is 298 g/mol. The third kappa shape index (κ3) is 2.53. The Morgan fingerprint density at radius 1 is 1.24 bits per heavy atom. The highest BCUT2D eigenvalue weighted by atomic mass is 19.4. The summed E-state index contributed by atoms with van der Waals surface area (Å²) in [6.07, 6.45) is -2.91. The van der Waals surface area contributed by atoms with Crippen molar-refractivity contribution in [3.8, 4) is 11.4 Å². The molecular weight excluding hydrogens is 285 g/mol. The van der Waals surface area contributed by atoms with Crippen LogP contribution in [-0.4, -0.2) is 16.7 Å². The third-order valence-electron chi connectivity index (χ3n) is 3.57. The summed E-state index contributed by atoms with van der Waals surface area (Å²) in [5.74, 6) is 0.140. The van der Waals surface area contributed by atoms with Gasteiger partial charge in [-0.2, -0.15) is 18.2 Å². The van der Waals surface area contributed by atoms with Crippen LogP contribution >= 0.6 is 0 Å². The summed E-state index contributed by atoms with van der Waals surface area (Å²) in [6, 6.07) is 5.16. The van der Waals surface area contributed by atoms with Crippen LogP contribution in [0.1, 0.15) is 31.2 Å². The Kier molecular flexibility index (Phi) is 3.24. The molecule has 1 aromatic heterocycles. The Morgan fingerprint density at radius 3 is 2.67 bits per heavy atom. The topological polar surface area (TPSA) is 48.2 Å². The lowest BCUT2D eigenvalue weighted by atomic mass is 10.0. The van der Waals surface area contributed by atoms with E-state index in [1.54, 1.807) is 6.92 Å². The van der Waals surface area contributed by atoms with Crippen LogP contribution in [0.5, 0.6) is 0 Å². The normalized spacial score (nSPS) is 22.7. The predicted molar refractivity (Wildman–Crippen MR) is 67.3 cm³/mol. The van der Waals surface area contributed by atoms with Crippen molar-refractivity contribution in [1.82, 2.24) is 10.1 Å². The second kappa shape index (κ2) is 4.84. The number of hydrogen-bond donors (Lipinski definition) is 0. The first-order valence-electron chi connectivity index (χ1n) is 6.55. The zero-order chi connectivity index (χ0) is 15.1. The maximum atomic E-state index is 13.0. The molecule has 4 nitrogen and oxygen atoms in total. The van der Waals surface area contributed by atoms with Crippen LogP contribution in [0.2, 0.25) is 0 Å². The molecule has 1 aliphatic rings. The van der Waals surface area contributed by atoms with E-state index in [2.05, 4.69) is 10.1 Å². The fourth-order valence-electron chi connectivity index (χ4n) is 2.42. The zero-order valence-electron chi connectivity index (χ0n) is 11.3. The lowest BCUT2D eigenvalue weighted by Crippen LogP contribution is -2.20. The van der Waals surface area contributed by atoms with Gasteiger partial charge in [-0.05, 0) is 25.8 Å². The van der Waals surface area contributed by atoms with E-state index in [0.29, 0.717) is 13.0 Å². The van der Waals surface area contributed by atoms with Crippen molar-refractivity contribution in [2.24, 2.45) is 0 Å². The van der Waals surface area contributed by atoms with Gasteiger partial charge in [-0.1, -0.05) is 23.4 Å². The molecule has 2 aromatic rings. The van der Waals surface area contributed by atoms with E-state index in [9.17, 15) is 13.2 Å². The lowest BCUT2D eigenvalue weighted by molar-refractivity contribution is -0.137. The largest absolute Gasteiger partial charge is 0.417 e. The maximum Gasteiger partial charge on any atom is 0.417 e. The molecule has 0 amide bonds. The molecule has 0 N–H and O–H groups in total. The zero-order valence-corrected chi connectivity index (χ0v) is 11.3. The smallest absolute Gasteiger partial charge is 0.365 e. The molecule has 0 radical (unpaired) electrons. The molecule has 1 aromatic carbocycles. The van der Waals surface area contributed by atoms with Gasteiger partial charge in [-0.15, -0.1) is 0 Å². The summed E-state index contributed by atoms with van der Waals surface area (Å²) in [5.41, 5.74) is -1.59. The minimum atomic E-state index is -4.47. The van der Waals surface area contributed by atoms with Gasteiger partial charge in [0.25, 0.3) is 5.89 Å². The second-order valence-corrected chi connectivity index (χ2v) is 5.15. The molecule has 1 fully saturated rings. The average molecular weight is 298 g/mol. The molecule has 0 bridgehead atoms. The van der Waals surface area contributed by atoms with Crippen LogP contribution in [-0.2, 0) is 16.5 Å². The maximum absolute atomic E-state index is 13.0. The number of benzene rings is 1. The fraction of sp³-hybridized carbons (Fsp3) is 0.429. The van der Waals surface area contributed by atoms with Crippen LogP contribution in [0, 0.1) is 0 Å². The van der Waals surface area contributed by atoms with Crippen molar-refractivity contribution in [2.75, 3.05) is 6.61 Å². The third-order valence-corrected chi connectivity index (χ3v) is 3.57. The molecule has 21 heavy (non-hydrogen) atoms. The highest BCUT2D eigenvalue weighted by molar-refractivity contribution is 5.60. The highest BCUT2D eigenvalue weighted by Gasteiger charge is 2.39. The van der Waals surface area contributed by atoms with Crippen molar-refractivity contribution in [1.29, 1.82) is 0 Å². The Bertz CT molecular complexity index is 646. The SMILES string of the molecule is C[C@@]1(c2nc(-c3ccccc3C(F)(F)F)no2)CCCO1. The second-order valence-electron chi connectivity index (χ2n) is 5.15. The molecule has 0 aliphatic carbocycles. The van der Waals surface area contributed by atoms with Gasteiger partial charge in [0, 0.05) is 12.2 Å². The minimum Gasteiger partial charge on any atom is -0.365 e. The molecule has 3 rings (SSSR count). The number of halogens is 3. The van der Waals surface area contributed by atoms with Crippen LogP contribution in [0.15, 0.2) is 28.8 Å². The number of alkyl halides is 3. The van der Waals surface area contributed by atoms with Gasteiger partial charge in [-0.3, -0.25) is 0 Å². The van der Waals surface area contributed by atoms with Crippen LogP contribution < -0.4 is 0 Å². The standard InChI is InChI=1S/C14H13F3N2O2/c1-13(7-4-8-20-13)12-18-11(19-21-12)9-5-2-3-6-10(9)14(15,16)17/h2-3,5-6H,4,7-8H2,1H3/t13-/m0/s1. The van der Waals surface area contributed by atoms with Crippen molar-refractivity contribution < 1.29 is 22.4 Å². The number of nitrogens with zero attached hydrogens (tertiary/aromatic N) is 2. The quantitative estimate of drug-likeness (QED) is 0.846. The summed E-state index contributed by atoms with van der Waals surface area (Å²) in [5, 5.41) is 3.68. The van der Waals surface area contributed by atoms with E-state index >= 15 is 0 Å². The van der Waals surface area contributed by atoms with Gasteiger partial charge >= 0.3 is 6.18 Å². The van der Waals surface area contributed by atoms with E-state index in [0.717, 1.165) is 12.5 Å². The summed E-state index contributed by atoms with van der Waals surface area (Å²) >= 11 is 0. The minimum absolute atomic E-state index is 0.0744. The number of ether oxygens (including phenoxy) is 1. The van der Waals surface area contributed by atoms with Crippen molar-refractivity contribution in [3.05, 3.63) is 35.7 Å². The summed E-state index contributed by atoms with van der Waals surface area (Å²) in [7, 11) is 0. The molecule has 2 heterocycles. The van der Waals surface area contributed by atoms with E-state index in [1.165, 1.54) is 18.2 Å². The van der Waals surface area contributed by atoms with Crippen LogP contribution in [0.4, 0.5) is 13.2 Å². The summed E-state index contributed by atoms with van der Waals surface area (Å²) in [4.78, 5) is 4.11. The molecule has 0 spiro atoms. The molecule has 7 heteroatoms. The van der Waals surface area contributed by atoms with Gasteiger partial charge in [0.05, 0.1) is 5.56 Å². The molecule has 0 saturated carbocycles. The van der Waals surface area contributed by atoms with Gasteiger partial charge in [-0.25, -0.2) is 0 Å². The molecule has 112 valence electrons. The van der Waals surface area contributed by atoms with Gasteiger partial charge in [0.1, 0.15) is 5.60 Å². The molecule has 1 aliphatic heterocycles. The Hall–Kier alpha value is -1.89. The molecule has 1 saturated heterocycles. The van der Waals surface area contributed by atoms with E-state index in [1.807, 2.05) is 0 Å². The predicted octanol–water partition coefficient (Wildman–Crippen LogP) is 3.78. The number of aromatic nitrogens is 2.